The van der Waals surface area contributed by atoms with Gasteiger partial charge in [-0.15, -0.1) is 0 Å². The van der Waals surface area contributed by atoms with Gasteiger partial charge in [-0.05, 0) is 29.8 Å². The molecule has 0 amide bonds. The van der Waals surface area contributed by atoms with Gasteiger partial charge in [-0.1, -0.05) is 11.6 Å². The number of hydrogen-bond donors (Lipinski definition) is 1. The van der Waals surface area contributed by atoms with Crippen molar-refractivity contribution in [2.45, 2.75) is 19.4 Å². The first-order valence-corrected chi connectivity index (χ1v) is 5.09. The maximum atomic E-state index is 13.4. The fraction of sp³-hybridized carbons (Fsp3) is 0.333. The lowest BCUT2D eigenvalue weighted by Gasteiger charge is -2.21. The zero-order valence-electron chi connectivity index (χ0n) is 7.84. The van der Waals surface area contributed by atoms with E-state index >= 15 is 0 Å². The second kappa shape index (κ2) is 3.96. The van der Waals surface area contributed by atoms with Crippen LogP contribution in [-0.4, -0.2) is 5.11 Å². The summed E-state index contributed by atoms with van der Waals surface area (Å²) in [4.78, 5) is 0. The summed E-state index contributed by atoms with van der Waals surface area (Å²) in [6.45, 7) is 2.37. The van der Waals surface area contributed by atoms with Crippen molar-refractivity contribution in [2.24, 2.45) is 0 Å². The second-order valence-electron chi connectivity index (χ2n) is 3.50. The minimum atomic E-state index is -1.76. The predicted octanol–water partition coefficient (Wildman–Crippen LogP) is 3.75. The van der Waals surface area contributed by atoms with E-state index in [0.29, 0.717) is 0 Å². The van der Waals surface area contributed by atoms with E-state index < -0.39 is 38.1 Å². The second-order valence-corrected chi connectivity index (χ2v) is 4.67. The average Bonchev–Trinajstić information content (AvgIpc) is 2.09. The molecule has 1 aromatic rings. The fourth-order valence-electron chi connectivity index (χ4n) is 1.14. The topological polar surface area (TPSA) is 20.2 Å². The van der Waals surface area contributed by atoms with Gasteiger partial charge in [0.1, 0.15) is 0 Å². The van der Waals surface area contributed by atoms with Crippen LogP contribution in [-0.2, 0) is 5.60 Å². The maximum absolute atomic E-state index is 13.4. The van der Waals surface area contributed by atoms with Crippen LogP contribution in [0.25, 0.3) is 0 Å². The van der Waals surface area contributed by atoms with Gasteiger partial charge in [0.2, 0.25) is 0 Å². The minimum Gasteiger partial charge on any atom is -0.386 e. The summed E-state index contributed by atoms with van der Waals surface area (Å²) in [7, 11) is 0. The third-order valence-electron chi connectivity index (χ3n) is 1.82. The van der Waals surface area contributed by atoms with Crippen molar-refractivity contribution in [3.8, 4) is 0 Å². The first-order valence-electron chi connectivity index (χ1n) is 3.92. The van der Waals surface area contributed by atoms with Gasteiger partial charge in [0.25, 0.3) is 0 Å². The van der Waals surface area contributed by atoms with Crippen molar-refractivity contribution in [3.05, 3.63) is 32.5 Å². The van der Waals surface area contributed by atoms with Gasteiger partial charge < -0.3 is 5.11 Å². The van der Waals surface area contributed by atoms with Crippen molar-refractivity contribution >= 4 is 27.5 Å². The van der Waals surface area contributed by atoms with Crippen LogP contribution in [0.4, 0.5) is 13.2 Å². The van der Waals surface area contributed by atoms with E-state index in [9.17, 15) is 18.3 Å². The highest BCUT2D eigenvalue weighted by molar-refractivity contribution is 9.10. The highest BCUT2D eigenvalue weighted by atomic mass is 79.9. The first-order chi connectivity index (χ1) is 6.68. The molecule has 0 aliphatic heterocycles. The molecular weight excluding hydrogens is 296 g/mol. The van der Waals surface area contributed by atoms with Crippen molar-refractivity contribution in [1.29, 1.82) is 0 Å². The average molecular weight is 304 g/mol. The van der Waals surface area contributed by atoms with Crippen LogP contribution < -0.4 is 0 Å². The van der Waals surface area contributed by atoms with Crippen molar-refractivity contribution < 1.29 is 18.3 Å². The standard InChI is InChI=1S/C9H7BrClF3O/c1-9(2,15)3-5(11)7(13)4(10)8(14)6(3)12/h15H,1-2H3. The summed E-state index contributed by atoms with van der Waals surface area (Å²) in [5.74, 6) is -3.90. The van der Waals surface area contributed by atoms with Crippen LogP contribution in [0.2, 0.25) is 5.02 Å². The summed E-state index contributed by atoms with van der Waals surface area (Å²) < 4.78 is 39.1. The van der Waals surface area contributed by atoms with E-state index in [1.165, 1.54) is 13.8 Å². The van der Waals surface area contributed by atoms with Gasteiger partial charge in [0, 0.05) is 5.56 Å². The molecule has 0 unspecified atom stereocenters. The largest absolute Gasteiger partial charge is 0.386 e. The Morgan fingerprint density at radius 2 is 1.60 bits per heavy atom. The van der Waals surface area contributed by atoms with Gasteiger partial charge >= 0.3 is 0 Å². The molecule has 0 aliphatic rings. The van der Waals surface area contributed by atoms with Gasteiger partial charge in [-0.3, -0.25) is 0 Å². The Labute approximate surface area is 98.0 Å². The fourth-order valence-corrected chi connectivity index (χ4v) is 2.04. The van der Waals surface area contributed by atoms with E-state index in [1.807, 2.05) is 0 Å². The normalized spacial score (nSPS) is 12.0. The number of benzene rings is 1. The molecule has 0 bridgehead atoms. The Kier molecular flexibility index (Phi) is 3.38. The molecule has 0 spiro atoms. The Morgan fingerprint density at radius 3 is 2.00 bits per heavy atom. The van der Waals surface area contributed by atoms with E-state index in [-0.39, 0.29) is 0 Å². The lowest BCUT2D eigenvalue weighted by Crippen LogP contribution is -2.20. The maximum Gasteiger partial charge on any atom is 0.176 e. The predicted molar refractivity (Wildman–Crippen MR) is 54.3 cm³/mol. The van der Waals surface area contributed by atoms with Crippen LogP contribution in [0.5, 0.6) is 0 Å². The molecule has 0 aliphatic carbocycles. The smallest absolute Gasteiger partial charge is 0.176 e. The van der Waals surface area contributed by atoms with Gasteiger partial charge in [0.15, 0.2) is 17.5 Å². The molecule has 1 rings (SSSR count). The Hall–Kier alpha value is -0.260. The monoisotopic (exact) mass is 302 g/mol. The van der Waals surface area contributed by atoms with Crippen molar-refractivity contribution in [1.82, 2.24) is 0 Å². The zero-order valence-corrected chi connectivity index (χ0v) is 10.2. The van der Waals surface area contributed by atoms with Crippen LogP contribution in [0.1, 0.15) is 19.4 Å². The number of aliphatic hydroxyl groups is 1. The summed E-state index contributed by atoms with van der Waals surface area (Å²) in [6, 6.07) is 0. The van der Waals surface area contributed by atoms with E-state index in [1.54, 1.807) is 0 Å². The molecule has 0 saturated heterocycles. The SMILES string of the molecule is CC(C)(O)c1c(F)c(F)c(Br)c(F)c1Cl. The molecule has 1 nitrogen and oxygen atoms in total. The van der Waals surface area contributed by atoms with Crippen LogP contribution >= 0.6 is 27.5 Å². The molecule has 0 heterocycles. The van der Waals surface area contributed by atoms with E-state index in [0.717, 1.165) is 0 Å². The third-order valence-corrected chi connectivity index (χ3v) is 2.87. The highest BCUT2D eigenvalue weighted by Gasteiger charge is 2.31. The molecule has 0 radical (unpaired) electrons. The Bertz CT molecular complexity index is 386. The molecule has 84 valence electrons. The van der Waals surface area contributed by atoms with Crippen LogP contribution in [0.15, 0.2) is 4.47 Å². The summed E-state index contributed by atoms with van der Waals surface area (Å²) in [6.07, 6.45) is 0. The molecule has 0 atom stereocenters. The van der Waals surface area contributed by atoms with Gasteiger partial charge in [-0.2, -0.15) is 0 Å². The van der Waals surface area contributed by atoms with Crippen LogP contribution in [0, 0.1) is 17.5 Å². The molecule has 0 saturated carbocycles. The minimum absolute atomic E-state index is 0.595. The number of rotatable bonds is 1. The van der Waals surface area contributed by atoms with Crippen molar-refractivity contribution in [2.75, 3.05) is 0 Å². The summed E-state index contributed by atoms with van der Waals surface area (Å²) >= 11 is 8.01. The zero-order chi connectivity index (χ0) is 12.0. The summed E-state index contributed by atoms with van der Waals surface area (Å²) in [5, 5.41) is 8.89. The number of hydrogen-bond acceptors (Lipinski definition) is 1. The Balaban J connectivity index is 3.68. The third kappa shape index (κ3) is 2.14. The highest BCUT2D eigenvalue weighted by Crippen LogP contribution is 2.37. The molecule has 1 aromatic carbocycles. The van der Waals surface area contributed by atoms with E-state index in [2.05, 4.69) is 15.9 Å². The molecular formula is C9H7BrClF3O. The molecule has 0 fully saturated rings. The lowest BCUT2D eigenvalue weighted by molar-refractivity contribution is 0.0733. The molecule has 6 heteroatoms. The number of halogens is 5. The lowest BCUT2D eigenvalue weighted by atomic mass is 9.97. The van der Waals surface area contributed by atoms with Crippen LogP contribution in [0.3, 0.4) is 0 Å². The van der Waals surface area contributed by atoms with Gasteiger partial charge in [0.05, 0.1) is 15.1 Å². The summed E-state index contributed by atoms with van der Waals surface area (Å²) in [5.41, 5.74) is -2.36. The molecule has 1 N–H and O–H groups in total. The van der Waals surface area contributed by atoms with Gasteiger partial charge in [-0.25, -0.2) is 13.2 Å². The molecule has 15 heavy (non-hydrogen) atoms. The first kappa shape index (κ1) is 12.8. The molecule has 0 aromatic heterocycles. The van der Waals surface area contributed by atoms with E-state index in [4.69, 9.17) is 11.6 Å². The Morgan fingerprint density at radius 1 is 1.13 bits per heavy atom. The quantitative estimate of drug-likeness (QED) is 0.619. The van der Waals surface area contributed by atoms with Crippen molar-refractivity contribution in [3.63, 3.8) is 0 Å².